The first-order valence-corrected chi connectivity index (χ1v) is 10.4. The lowest BCUT2D eigenvalue weighted by Gasteiger charge is -2.36. The van der Waals surface area contributed by atoms with Crippen molar-refractivity contribution in [3.8, 4) is 0 Å². The Balaban J connectivity index is 1.28. The summed E-state index contributed by atoms with van der Waals surface area (Å²) < 4.78 is 4.95. The van der Waals surface area contributed by atoms with E-state index in [1.54, 1.807) is 13.0 Å². The number of carbonyl (C=O) groups excluding carboxylic acids is 2. The van der Waals surface area contributed by atoms with Crippen LogP contribution in [0.1, 0.15) is 17.4 Å². The van der Waals surface area contributed by atoms with Crippen LogP contribution in [-0.4, -0.2) is 66.0 Å². The van der Waals surface area contributed by atoms with Crippen molar-refractivity contribution >= 4 is 29.2 Å². The van der Waals surface area contributed by atoms with Crippen LogP contribution in [0.5, 0.6) is 0 Å². The fourth-order valence-electron chi connectivity index (χ4n) is 3.88. The van der Waals surface area contributed by atoms with Crippen LogP contribution in [0.3, 0.4) is 0 Å². The van der Waals surface area contributed by atoms with E-state index in [1.807, 2.05) is 34.1 Å². The van der Waals surface area contributed by atoms with Gasteiger partial charge in [0.05, 0.1) is 18.5 Å². The Bertz CT molecular complexity index is 894. The third kappa shape index (κ3) is 4.81. The predicted octanol–water partition coefficient (Wildman–Crippen LogP) is 1.18. The van der Waals surface area contributed by atoms with Crippen molar-refractivity contribution in [2.45, 2.75) is 13.0 Å². The summed E-state index contributed by atoms with van der Waals surface area (Å²) in [6, 6.07) is 9.14. The molecule has 2 aliphatic rings. The Morgan fingerprint density at radius 2 is 1.97 bits per heavy atom. The van der Waals surface area contributed by atoms with Crippen molar-refractivity contribution in [1.29, 1.82) is 0 Å². The van der Waals surface area contributed by atoms with Gasteiger partial charge >= 0.3 is 0 Å². The van der Waals surface area contributed by atoms with E-state index in [-0.39, 0.29) is 30.3 Å². The maximum atomic E-state index is 13.1. The minimum absolute atomic E-state index is 0.0931. The Morgan fingerprint density at radius 3 is 2.63 bits per heavy atom. The molecule has 2 unspecified atom stereocenters. The number of halogens is 1. The maximum absolute atomic E-state index is 13.1. The van der Waals surface area contributed by atoms with Crippen molar-refractivity contribution in [3.05, 3.63) is 46.7 Å². The van der Waals surface area contributed by atoms with Crippen molar-refractivity contribution < 1.29 is 14.1 Å². The van der Waals surface area contributed by atoms with Gasteiger partial charge in [0.15, 0.2) is 5.82 Å². The number of carbonyl (C=O) groups is 2. The lowest BCUT2D eigenvalue weighted by molar-refractivity contribution is -0.137. The number of piperazine rings is 1. The van der Waals surface area contributed by atoms with E-state index in [9.17, 15) is 9.59 Å². The summed E-state index contributed by atoms with van der Waals surface area (Å²) in [6.45, 7) is 5.09. The second-order valence-electron chi connectivity index (χ2n) is 7.63. The number of nitrogens with one attached hydrogen (secondary N) is 3. The number of hydrogen-bond donors (Lipinski definition) is 3. The van der Waals surface area contributed by atoms with Gasteiger partial charge in [0.1, 0.15) is 5.76 Å². The lowest BCUT2D eigenvalue weighted by Crippen LogP contribution is -2.52. The molecule has 0 aliphatic carbocycles. The van der Waals surface area contributed by atoms with Crippen molar-refractivity contribution in [3.63, 3.8) is 0 Å². The average molecular weight is 433 g/mol. The highest BCUT2D eigenvalue weighted by Gasteiger charge is 2.37. The summed E-state index contributed by atoms with van der Waals surface area (Å²) in [5.74, 6) is 0.854. The molecule has 2 fully saturated rings. The van der Waals surface area contributed by atoms with E-state index < -0.39 is 0 Å². The van der Waals surface area contributed by atoms with Gasteiger partial charge in [-0.15, -0.1) is 0 Å². The molecule has 2 amide bonds. The highest BCUT2D eigenvalue weighted by molar-refractivity contribution is 6.30. The average Bonchev–Trinajstić information content (AvgIpc) is 3.38. The summed E-state index contributed by atoms with van der Waals surface area (Å²) >= 11 is 5.98. The van der Waals surface area contributed by atoms with Crippen LogP contribution in [0.2, 0.25) is 5.02 Å². The zero-order valence-corrected chi connectivity index (χ0v) is 17.5. The molecule has 3 N–H and O–H groups in total. The van der Waals surface area contributed by atoms with Crippen LogP contribution in [-0.2, 0) is 9.59 Å². The predicted molar refractivity (Wildman–Crippen MR) is 112 cm³/mol. The molecule has 1 aromatic carbocycles. The molecule has 2 aromatic rings. The number of rotatable bonds is 5. The molecule has 160 valence electrons. The van der Waals surface area contributed by atoms with Gasteiger partial charge in [0.2, 0.25) is 11.8 Å². The summed E-state index contributed by atoms with van der Waals surface area (Å²) in [5, 5.41) is 7.16. The molecule has 2 saturated heterocycles. The quantitative estimate of drug-likeness (QED) is 0.652. The molecule has 10 heteroatoms. The maximum Gasteiger partial charge on any atom is 0.239 e. The first kappa shape index (κ1) is 20.8. The van der Waals surface area contributed by atoms with E-state index >= 15 is 0 Å². The second kappa shape index (κ2) is 9.13. The fourth-order valence-corrected chi connectivity index (χ4v) is 4.01. The van der Waals surface area contributed by atoms with Crippen LogP contribution in [0.25, 0.3) is 0 Å². The highest BCUT2D eigenvalue weighted by atomic mass is 35.5. The Kier molecular flexibility index (Phi) is 6.33. The van der Waals surface area contributed by atoms with Gasteiger partial charge in [-0.3, -0.25) is 19.9 Å². The number of nitrogens with zero attached hydrogens (tertiary/aromatic N) is 3. The summed E-state index contributed by atoms with van der Waals surface area (Å²) in [5.41, 5.74) is 7.34. The zero-order chi connectivity index (χ0) is 21.1. The molecular weight excluding hydrogens is 408 g/mol. The minimum Gasteiger partial charge on any atom is -0.360 e. The molecular formula is C20H25ClN6O3. The highest BCUT2D eigenvalue weighted by Crippen LogP contribution is 2.28. The Hall–Kier alpha value is -2.46. The molecule has 0 bridgehead atoms. The van der Waals surface area contributed by atoms with E-state index in [0.29, 0.717) is 49.3 Å². The topological polar surface area (TPSA) is 103 Å². The van der Waals surface area contributed by atoms with Crippen LogP contribution >= 0.6 is 11.6 Å². The number of aryl methyl sites for hydroxylation is 1. The number of hydrogen-bond acceptors (Lipinski definition) is 7. The molecule has 9 nitrogen and oxygen atoms in total. The van der Waals surface area contributed by atoms with E-state index in [4.69, 9.17) is 16.1 Å². The minimum atomic E-state index is -0.184. The molecule has 1 aromatic heterocycles. The van der Waals surface area contributed by atoms with Crippen molar-refractivity contribution in [1.82, 2.24) is 25.8 Å². The molecule has 0 radical (unpaired) electrons. The second-order valence-corrected chi connectivity index (χ2v) is 8.07. The standard InChI is InChI=1S/C20H25ClN6O3/c1-13-10-17(25-30-13)23-18(28)12-26-6-8-27(9-7-26)20(29)16-11-22-24-19(16)14-2-4-15(21)5-3-14/h2-5,10,16,19,22,24H,6-9,11-12H2,1H3,(H,23,25,28). The largest absolute Gasteiger partial charge is 0.360 e. The van der Waals surface area contributed by atoms with Gasteiger partial charge in [-0.05, 0) is 24.6 Å². The van der Waals surface area contributed by atoms with Gasteiger partial charge < -0.3 is 14.7 Å². The van der Waals surface area contributed by atoms with E-state index in [1.165, 1.54) is 0 Å². The van der Waals surface area contributed by atoms with Crippen LogP contribution in [0, 0.1) is 12.8 Å². The zero-order valence-electron chi connectivity index (χ0n) is 16.7. The third-order valence-corrected chi connectivity index (χ3v) is 5.73. The van der Waals surface area contributed by atoms with Gasteiger partial charge in [0.25, 0.3) is 0 Å². The first-order valence-electron chi connectivity index (χ1n) is 9.98. The molecule has 30 heavy (non-hydrogen) atoms. The number of anilines is 1. The number of benzene rings is 1. The van der Waals surface area contributed by atoms with Gasteiger partial charge in [-0.2, -0.15) is 0 Å². The summed E-state index contributed by atoms with van der Waals surface area (Å²) in [6.07, 6.45) is 0. The Morgan fingerprint density at radius 1 is 1.23 bits per heavy atom. The van der Waals surface area contributed by atoms with Crippen LogP contribution < -0.4 is 16.2 Å². The molecule has 2 atom stereocenters. The number of aromatic nitrogens is 1. The summed E-state index contributed by atoms with van der Waals surface area (Å²) in [7, 11) is 0. The van der Waals surface area contributed by atoms with Crippen molar-refractivity contribution in [2.75, 3.05) is 44.6 Å². The summed E-state index contributed by atoms with van der Waals surface area (Å²) in [4.78, 5) is 29.2. The third-order valence-electron chi connectivity index (χ3n) is 5.47. The number of amides is 2. The first-order chi connectivity index (χ1) is 14.5. The van der Waals surface area contributed by atoms with E-state index in [2.05, 4.69) is 21.3 Å². The SMILES string of the molecule is Cc1cc(NC(=O)CN2CCN(C(=O)C3CNNC3c3ccc(Cl)cc3)CC2)no1. The van der Waals surface area contributed by atoms with Crippen molar-refractivity contribution in [2.24, 2.45) is 5.92 Å². The van der Waals surface area contributed by atoms with Gasteiger partial charge in [0, 0.05) is 43.8 Å². The molecule has 3 heterocycles. The molecule has 4 rings (SSSR count). The van der Waals surface area contributed by atoms with E-state index in [0.717, 1.165) is 5.56 Å². The fraction of sp³-hybridized carbons (Fsp3) is 0.450. The van der Waals surface area contributed by atoms with Gasteiger partial charge in [-0.1, -0.05) is 28.9 Å². The monoisotopic (exact) mass is 432 g/mol. The molecule has 2 aliphatic heterocycles. The Labute approximate surface area is 179 Å². The van der Waals surface area contributed by atoms with Crippen LogP contribution in [0.15, 0.2) is 34.9 Å². The molecule has 0 spiro atoms. The number of hydrazine groups is 1. The van der Waals surface area contributed by atoms with Crippen LogP contribution in [0.4, 0.5) is 5.82 Å². The smallest absolute Gasteiger partial charge is 0.239 e. The normalized spacial score (nSPS) is 22.3. The molecule has 0 saturated carbocycles. The lowest BCUT2D eigenvalue weighted by atomic mass is 9.93. The van der Waals surface area contributed by atoms with Gasteiger partial charge in [-0.25, -0.2) is 5.43 Å².